The maximum atomic E-state index is 14.9. The molecule has 8 nitrogen and oxygen atoms in total. The van der Waals surface area contributed by atoms with Gasteiger partial charge in [0.25, 0.3) is 10.0 Å². The molecule has 5 rings (SSSR count). The first-order chi connectivity index (χ1) is 19.0. The summed E-state index contributed by atoms with van der Waals surface area (Å²) < 4.78 is 75.0. The highest BCUT2D eigenvalue weighted by Crippen LogP contribution is 2.44. The molecular weight excluding hydrogens is 544 g/mol. The van der Waals surface area contributed by atoms with E-state index in [1.807, 2.05) is 0 Å². The van der Waals surface area contributed by atoms with E-state index in [1.54, 1.807) is 19.1 Å². The lowest BCUT2D eigenvalue weighted by Crippen LogP contribution is -2.48. The van der Waals surface area contributed by atoms with Crippen LogP contribution in [0.1, 0.15) is 24.8 Å². The molecule has 0 spiro atoms. The minimum atomic E-state index is -4.15. The number of carbonyl (C=O) groups is 1. The van der Waals surface area contributed by atoms with Gasteiger partial charge in [0.05, 0.1) is 29.7 Å². The molecule has 2 heterocycles. The normalized spacial score (nSPS) is 18.5. The molecule has 0 aliphatic carbocycles. The number of carboxylic acid groups (broad SMARTS) is 1. The number of benzene rings is 3. The summed E-state index contributed by atoms with van der Waals surface area (Å²) >= 11 is 0. The zero-order chi connectivity index (χ0) is 28.7. The summed E-state index contributed by atoms with van der Waals surface area (Å²) in [5, 5.41) is 10.1. The summed E-state index contributed by atoms with van der Waals surface area (Å²) in [6.45, 7) is 2.17. The highest BCUT2D eigenvalue weighted by molar-refractivity contribution is 7.92. The summed E-state index contributed by atoms with van der Waals surface area (Å²) in [5.41, 5.74) is -0.149. The topological polar surface area (TPSA) is 102 Å². The lowest BCUT2D eigenvalue weighted by Gasteiger charge is -2.40. The predicted octanol–water partition coefficient (Wildman–Crippen LogP) is 5.18. The summed E-state index contributed by atoms with van der Waals surface area (Å²) in [7, 11) is -2.82. The van der Waals surface area contributed by atoms with Gasteiger partial charge in [-0.1, -0.05) is 18.2 Å². The Hall–Kier alpha value is -3.70. The first-order valence-corrected chi connectivity index (χ1v) is 14.2. The number of halogens is 2. The summed E-state index contributed by atoms with van der Waals surface area (Å²) in [4.78, 5) is 12.4. The predicted molar refractivity (Wildman–Crippen MR) is 143 cm³/mol. The Balaban J connectivity index is 1.61. The number of aryl methyl sites for hydroxylation is 1. The van der Waals surface area contributed by atoms with Crippen LogP contribution in [-0.4, -0.2) is 52.5 Å². The van der Waals surface area contributed by atoms with E-state index in [0.29, 0.717) is 0 Å². The Morgan fingerprint density at radius 3 is 2.55 bits per heavy atom. The molecule has 40 heavy (non-hydrogen) atoms. The lowest BCUT2D eigenvalue weighted by atomic mass is 9.75. The molecule has 212 valence electrons. The number of anilines is 1. The minimum Gasteiger partial charge on any atom is -0.497 e. The van der Waals surface area contributed by atoms with Gasteiger partial charge in [0.1, 0.15) is 17.6 Å². The first kappa shape index (κ1) is 27.9. The molecular formula is C29H29F2NO7S. The Bertz CT molecular complexity index is 1550. The third kappa shape index (κ3) is 5.11. The van der Waals surface area contributed by atoms with E-state index in [-0.39, 0.29) is 72.2 Å². The van der Waals surface area contributed by atoms with Gasteiger partial charge in [-0.05, 0) is 61.2 Å². The van der Waals surface area contributed by atoms with Gasteiger partial charge in [-0.25, -0.2) is 17.2 Å². The largest absolute Gasteiger partial charge is 0.497 e. The molecule has 11 heteroatoms. The number of nitrogens with zero attached hydrogens (tertiary/aromatic N) is 1. The van der Waals surface area contributed by atoms with Gasteiger partial charge in [0.2, 0.25) is 0 Å². The number of methoxy groups -OCH3 is 1. The maximum absolute atomic E-state index is 14.9. The Labute approximate surface area is 231 Å². The van der Waals surface area contributed by atoms with E-state index in [9.17, 15) is 27.1 Å². The third-order valence-electron chi connectivity index (χ3n) is 7.54. The summed E-state index contributed by atoms with van der Waals surface area (Å²) in [5.74, 6) is -2.91. The molecule has 3 aromatic rings. The summed E-state index contributed by atoms with van der Waals surface area (Å²) in [6, 6.07) is 13.1. The molecule has 2 aliphatic rings. The van der Waals surface area contributed by atoms with Crippen LogP contribution in [-0.2, 0) is 19.6 Å². The van der Waals surface area contributed by atoms with Crippen molar-refractivity contribution in [2.75, 3.05) is 31.2 Å². The van der Waals surface area contributed by atoms with Crippen molar-refractivity contribution in [3.8, 4) is 22.6 Å². The highest BCUT2D eigenvalue weighted by atomic mass is 32.2. The van der Waals surface area contributed by atoms with E-state index < -0.39 is 39.1 Å². The Morgan fingerprint density at radius 1 is 1.12 bits per heavy atom. The fraction of sp³-hybridized carbons (Fsp3) is 0.345. The molecule has 1 fully saturated rings. The first-order valence-electron chi connectivity index (χ1n) is 12.8. The van der Waals surface area contributed by atoms with Crippen LogP contribution in [0.4, 0.5) is 14.5 Å². The van der Waals surface area contributed by atoms with Gasteiger partial charge in [0.15, 0.2) is 11.6 Å². The molecule has 0 unspecified atom stereocenters. The molecule has 0 saturated carbocycles. The van der Waals surface area contributed by atoms with Crippen molar-refractivity contribution in [2.24, 2.45) is 5.41 Å². The van der Waals surface area contributed by atoms with Gasteiger partial charge in [0, 0.05) is 31.3 Å². The molecule has 1 atom stereocenters. The molecule has 2 aliphatic heterocycles. The second-order valence-electron chi connectivity index (χ2n) is 10.1. The van der Waals surface area contributed by atoms with Gasteiger partial charge < -0.3 is 19.3 Å². The van der Waals surface area contributed by atoms with Crippen molar-refractivity contribution < 1.29 is 41.3 Å². The number of ether oxygens (including phenoxy) is 3. The monoisotopic (exact) mass is 573 g/mol. The van der Waals surface area contributed by atoms with Crippen LogP contribution in [0, 0.1) is 24.0 Å². The smallest absolute Gasteiger partial charge is 0.309 e. The van der Waals surface area contributed by atoms with E-state index in [1.165, 1.54) is 43.5 Å². The Morgan fingerprint density at radius 2 is 1.88 bits per heavy atom. The van der Waals surface area contributed by atoms with E-state index >= 15 is 0 Å². The Kier molecular flexibility index (Phi) is 7.45. The number of sulfonamides is 1. The SMILES string of the molecule is COc1cc(F)c(F)c(-c2ccc3c(c2)N(S(=O)(=O)c2cccc(C)c2)C[C@H](CC2(C(=O)O)CCOCC2)O3)c1. The zero-order valence-corrected chi connectivity index (χ0v) is 22.8. The van der Waals surface area contributed by atoms with Crippen molar-refractivity contribution in [3.63, 3.8) is 0 Å². The highest BCUT2D eigenvalue weighted by Gasteiger charge is 2.45. The van der Waals surface area contributed by atoms with Crippen molar-refractivity contribution in [1.82, 2.24) is 0 Å². The van der Waals surface area contributed by atoms with Crippen LogP contribution in [0.15, 0.2) is 59.5 Å². The maximum Gasteiger partial charge on any atom is 0.309 e. The second kappa shape index (κ2) is 10.7. The van der Waals surface area contributed by atoms with E-state index in [0.717, 1.165) is 15.9 Å². The molecule has 0 amide bonds. The molecule has 1 saturated heterocycles. The quantitative estimate of drug-likeness (QED) is 0.416. The standard InChI is InChI=1S/C29H29F2NO7S/c1-18-4-3-5-22(12-18)40(35,36)32-17-21(16-29(28(33)34)8-10-38-11-9-29)39-26-7-6-19(13-25(26)32)23-14-20(37-2)15-24(30)27(23)31/h3-7,12-15,21H,8-11,16-17H2,1-2H3,(H,33,34)/t21-/m0/s1. The summed E-state index contributed by atoms with van der Waals surface area (Å²) in [6.07, 6.45) is -0.153. The van der Waals surface area contributed by atoms with E-state index in [4.69, 9.17) is 14.2 Å². The molecule has 0 radical (unpaired) electrons. The fourth-order valence-electron chi connectivity index (χ4n) is 5.31. The van der Waals surface area contributed by atoms with Crippen LogP contribution in [0.3, 0.4) is 0 Å². The van der Waals surface area contributed by atoms with Gasteiger partial charge >= 0.3 is 5.97 Å². The number of hydrogen-bond acceptors (Lipinski definition) is 6. The minimum absolute atomic E-state index is 0.0436. The molecule has 0 bridgehead atoms. The molecule has 0 aromatic heterocycles. The van der Waals surface area contributed by atoms with Crippen LogP contribution in [0.25, 0.3) is 11.1 Å². The van der Waals surface area contributed by atoms with Crippen LogP contribution >= 0.6 is 0 Å². The van der Waals surface area contributed by atoms with Crippen LogP contribution in [0.5, 0.6) is 11.5 Å². The molecule has 1 N–H and O–H groups in total. The van der Waals surface area contributed by atoms with E-state index in [2.05, 4.69) is 0 Å². The average molecular weight is 574 g/mol. The van der Waals surface area contributed by atoms with Crippen molar-refractivity contribution >= 4 is 21.7 Å². The van der Waals surface area contributed by atoms with Crippen molar-refractivity contribution in [1.29, 1.82) is 0 Å². The van der Waals surface area contributed by atoms with Gasteiger partial charge in [-0.3, -0.25) is 9.10 Å². The van der Waals surface area contributed by atoms with Crippen LogP contribution < -0.4 is 13.8 Å². The number of rotatable bonds is 7. The van der Waals surface area contributed by atoms with Gasteiger partial charge in [-0.15, -0.1) is 0 Å². The van der Waals surface area contributed by atoms with Crippen LogP contribution in [0.2, 0.25) is 0 Å². The van der Waals surface area contributed by atoms with Crippen molar-refractivity contribution in [2.45, 2.75) is 37.2 Å². The number of aliphatic carboxylic acids is 1. The lowest BCUT2D eigenvalue weighted by molar-refractivity contribution is -0.157. The number of carboxylic acids is 1. The third-order valence-corrected chi connectivity index (χ3v) is 9.31. The van der Waals surface area contributed by atoms with Gasteiger partial charge in [-0.2, -0.15) is 0 Å². The average Bonchev–Trinajstić information content (AvgIpc) is 2.94. The number of fused-ring (bicyclic) bond motifs is 1. The fourth-order valence-corrected chi connectivity index (χ4v) is 6.92. The second-order valence-corrected chi connectivity index (χ2v) is 12.0. The zero-order valence-electron chi connectivity index (χ0n) is 22.0. The molecule has 3 aromatic carbocycles. The van der Waals surface area contributed by atoms with Crippen molar-refractivity contribution in [3.05, 3.63) is 71.8 Å². The number of hydrogen-bond donors (Lipinski definition) is 1.